The topological polar surface area (TPSA) is 63.1 Å². The van der Waals surface area contributed by atoms with Gasteiger partial charge in [0.15, 0.2) is 0 Å². The number of rotatable bonds is 1. The van der Waals surface area contributed by atoms with Crippen molar-refractivity contribution in [3.63, 3.8) is 0 Å². The largest absolute Gasteiger partial charge is 0.478 e. The lowest BCUT2D eigenvalue weighted by atomic mass is 10.2. The number of carboxylic acid groups (broad SMARTS) is 1. The second-order valence-electron chi connectivity index (χ2n) is 2.69. The molecule has 0 radical (unpaired) electrons. The molecule has 0 bridgehead atoms. The van der Waals surface area contributed by atoms with Gasteiger partial charge in [-0.25, -0.2) is 14.8 Å². The predicted molar refractivity (Wildman–Crippen MR) is 55.4 cm³/mol. The van der Waals surface area contributed by atoms with Crippen molar-refractivity contribution in [1.82, 2.24) is 9.97 Å². The zero-order valence-electron chi connectivity index (χ0n) is 8.25. The summed E-state index contributed by atoms with van der Waals surface area (Å²) in [5.41, 5.74) is 0.331. The van der Waals surface area contributed by atoms with Gasteiger partial charge in [-0.1, -0.05) is 18.2 Å². The zero-order valence-corrected chi connectivity index (χ0v) is 8.25. The van der Waals surface area contributed by atoms with E-state index in [0.717, 1.165) is 0 Å². The quantitative estimate of drug-likeness (QED) is 0.746. The Morgan fingerprint density at radius 3 is 1.94 bits per heavy atom. The van der Waals surface area contributed by atoms with Gasteiger partial charge < -0.3 is 5.11 Å². The van der Waals surface area contributed by atoms with Gasteiger partial charge >= 0.3 is 12.0 Å². The Kier molecular flexibility index (Phi) is 4.59. The van der Waals surface area contributed by atoms with Crippen molar-refractivity contribution >= 4 is 5.97 Å². The second-order valence-corrected chi connectivity index (χ2v) is 2.69. The van der Waals surface area contributed by atoms with Crippen molar-refractivity contribution in [3.05, 3.63) is 60.4 Å². The molecule has 0 fully saturated rings. The molecule has 5 heteroatoms. The van der Waals surface area contributed by atoms with E-state index in [1.165, 1.54) is 12.4 Å². The third-order valence-electron chi connectivity index (χ3n) is 1.56. The first-order chi connectivity index (χ1) is 7.70. The van der Waals surface area contributed by atoms with Gasteiger partial charge in [-0.2, -0.15) is 4.39 Å². The summed E-state index contributed by atoms with van der Waals surface area (Å²) in [6.45, 7) is 0. The SMILES string of the molecule is Fc1ncccn1.O=C(O)c1ccccc1. The average Bonchev–Trinajstić information content (AvgIpc) is 2.32. The van der Waals surface area contributed by atoms with Gasteiger partial charge in [0.1, 0.15) is 0 Å². The molecule has 0 aliphatic rings. The summed E-state index contributed by atoms with van der Waals surface area (Å²) < 4.78 is 11.7. The standard InChI is InChI=1S/C7H6O2.C4H3FN2/c8-7(9)6-4-2-1-3-5-6;5-4-6-2-1-3-7-4/h1-5H,(H,8,9);1-3H. The Morgan fingerprint density at radius 2 is 1.62 bits per heavy atom. The van der Waals surface area contributed by atoms with Crippen molar-refractivity contribution < 1.29 is 14.3 Å². The van der Waals surface area contributed by atoms with Crippen LogP contribution in [0.15, 0.2) is 48.8 Å². The number of hydrogen-bond acceptors (Lipinski definition) is 3. The molecule has 0 atom stereocenters. The molecular weight excluding hydrogens is 211 g/mol. The fourth-order valence-electron chi connectivity index (χ4n) is 0.862. The highest BCUT2D eigenvalue weighted by Gasteiger charge is 1.96. The van der Waals surface area contributed by atoms with Gasteiger partial charge in [-0.15, -0.1) is 0 Å². The number of aromatic nitrogens is 2. The molecule has 0 aliphatic heterocycles. The minimum Gasteiger partial charge on any atom is -0.478 e. The van der Waals surface area contributed by atoms with Crippen molar-refractivity contribution in [3.8, 4) is 0 Å². The molecule has 0 saturated heterocycles. The molecule has 2 rings (SSSR count). The molecule has 16 heavy (non-hydrogen) atoms. The van der Waals surface area contributed by atoms with E-state index in [9.17, 15) is 9.18 Å². The Morgan fingerprint density at radius 1 is 1.06 bits per heavy atom. The number of nitrogens with zero attached hydrogens (tertiary/aromatic N) is 2. The van der Waals surface area contributed by atoms with Gasteiger partial charge in [0, 0.05) is 12.4 Å². The summed E-state index contributed by atoms with van der Waals surface area (Å²) in [6.07, 6.45) is 2.02. The molecule has 1 aromatic carbocycles. The number of carbonyl (C=O) groups is 1. The highest BCUT2D eigenvalue weighted by Crippen LogP contribution is 1.96. The molecule has 2 aromatic rings. The van der Waals surface area contributed by atoms with Crippen LogP contribution in [0.25, 0.3) is 0 Å². The van der Waals surface area contributed by atoms with E-state index in [4.69, 9.17) is 5.11 Å². The van der Waals surface area contributed by atoms with Gasteiger partial charge in [0.05, 0.1) is 5.56 Å². The monoisotopic (exact) mass is 220 g/mol. The van der Waals surface area contributed by atoms with Gasteiger partial charge in [0.2, 0.25) is 0 Å². The van der Waals surface area contributed by atoms with E-state index in [0.29, 0.717) is 5.56 Å². The molecule has 0 amide bonds. The molecule has 1 aromatic heterocycles. The lowest BCUT2D eigenvalue weighted by molar-refractivity contribution is 0.0697. The minimum atomic E-state index is -0.879. The van der Waals surface area contributed by atoms with E-state index < -0.39 is 12.0 Å². The van der Waals surface area contributed by atoms with Crippen LogP contribution in [-0.2, 0) is 0 Å². The molecule has 1 heterocycles. The van der Waals surface area contributed by atoms with Crippen LogP contribution in [0.2, 0.25) is 0 Å². The third kappa shape index (κ3) is 4.28. The van der Waals surface area contributed by atoms with E-state index in [1.807, 2.05) is 0 Å². The Balaban J connectivity index is 0.000000165. The number of aromatic carboxylic acids is 1. The van der Waals surface area contributed by atoms with Crippen molar-refractivity contribution in [1.29, 1.82) is 0 Å². The molecule has 82 valence electrons. The van der Waals surface area contributed by atoms with Gasteiger partial charge in [0.25, 0.3) is 0 Å². The van der Waals surface area contributed by atoms with Crippen molar-refractivity contribution in [2.24, 2.45) is 0 Å². The van der Waals surface area contributed by atoms with Crippen molar-refractivity contribution in [2.75, 3.05) is 0 Å². The molecule has 0 spiro atoms. The minimum absolute atomic E-state index is 0.331. The average molecular weight is 220 g/mol. The molecular formula is C11H9FN2O2. The normalized spacial score (nSPS) is 8.81. The van der Waals surface area contributed by atoms with Crippen LogP contribution in [0, 0.1) is 6.08 Å². The van der Waals surface area contributed by atoms with Gasteiger partial charge in [-0.3, -0.25) is 0 Å². The van der Waals surface area contributed by atoms with Crippen LogP contribution in [0.5, 0.6) is 0 Å². The molecule has 4 nitrogen and oxygen atoms in total. The second kappa shape index (κ2) is 6.23. The summed E-state index contributed by atoms with van der Waals surface area (Å²) in [5, 5.41) is 8.38. The third-order valence-corrected chi connectivity index (χ3v) is 1.56. The highest BCUT2D eigenvalue weighted by atomic mass is 19.1. The summed E-state index contributed by atoms with van der Waals surface area (Å²) in [5.74, 6) is -0.879. The molecule has 1 N–H and O–H groups in total. The summed E-state index contributed by atoms with van der Waals surface area (Å²) in [4.78, 5) is 16.6. The van der Waals surface area contributed by atoms with E-state index in [2.05, 4.69) is 9.97 Å². The maximum absolute atomic E-state index is 11.7. The first-order valence-corrected chi connectivity index (χ1v) is 4.41. The Labute approximate surface area is 91.4 Å². The van der Waals surface area contributed by atoms with Crippen LogP contribution in [0.3, 0.4) is 0 Å². The molecule has 0 aliphatic carbocycles. The highest BCUT2D eigenvalue weighted by molar-refractivity contribution is 5.87. The van der Waals surface area contributed by atoms with Crippen LogP contribution >= 0.6 is 0 Å². The first-order valence-electron chi connectivity index (χ1n) is 4.41. The molecule has 0 saturated carbocycles. The van der Waals surface area contributed by atoms with E-state index in [1.54, 1.807) is 36.4 Å². The zero-order chi connectivity index (χ0) is 11.8. The van der Waals surface area contributed by atoms with E-state index in [-0.39, 0.29) is 0 Å². The maximum atomic E-state index is 11.7. The first kappa shape index (κ1) is 11.8. The lowest BCUT2D eigenvalue weighted by Gasteiger charge is -1.88. The fourth-order valence-corrected chi connectivity index (χ4v) is 0.862. The number of hydrogen-bond donors (Lipinski definition) is 1. The maximum Gasteiger partial charge on any atom is 0.335 e. The Hall–Kier alpha value is -2.30. The number of carboxylic acids is 1. The van der Waals surface area contributed by atoms with Gasteiger partial charge in [-0.05, 0) is 18.2 Å². The van der Waals surface area contributed by atoms with Crippen LogP contribution < -0.4 is 0 Å². The van der Waals surface area contributed by atoms with Crippen LogP contribution in [-0.4, -0.2) is 21.0 Å². The number of halogens is 1. The fraction of sp³-hybridized carbons (Fsp3) is 0. The summed E-state index contributed by atoms with van der Waals surface area (Å²) in [6, 6.07) is 9.85. The smallest absolute Gasteiger partial charge is 0.335 e. The Bertz CT molecular complexity index is 434. The summed E-state index contributed by atoms with van der Waals surface area (Å²) >= 11 is 0. The predicted octanol–water partition coefficient (Wildman–Crippen LogP) is 2.00. The molecule has 0 unspecified atom stereocenters. The van der Waals surface area contributed by atoms with Crippen molar-refractivity contribution in [2.45, 2.75) is 0 Å². The van der Waals surface area contributed by atoms with E-state index >= 15 is 0 Å². The van der Waals surface area contributed by atoms with Crippen LogP contribution in [0.1, 0.15) is 10.4 Å². The van der Waals surface area contributed by atoms with Crippen LogP contribution in [0.4, 0.5) is 4.39 Å². The summed E-state index contributed by atoms with van der Waals surface area (Å²) in [7, 11) is 0. The lowest BCUT2D eigenvalue weighted by Crippen LogP contribution is -1.93. The number of benzene rings is 1.